The number of anilines is 1. The molecule has 3 rings (SSSR count). The summed E-state index contributed by atoms with van der Waals surface area (Å²) in [5.41, 5.74) is 1.17. The maximum absolute atomic E-state index is 13.6. The highest BCUT2D eigenvalue weighted by Gasteiger charge is 2.27. The number of hydrogen-bond acceptors (Lipinski definition) is 6. The Morgan fingerprint density at radius 3 is 2.11 bits per heavy atom. The second kappa shape index (κ2) is 10.1. The van der Waals surface area contributed by atoms with Gasteiger partial charge >= 0.3 is 11.9 Å². The van der Waals surface area contributed by atoms with E-state index in [1.165, 1.54) is 31.3 Å². The van der Waals surface area contributed by atoms with Gasteiger partial charge in [-0.25, -0.2) is 9.18 Å². The predicted molar refractivity (Wildman–Crippen MR) is 132 cm³/mol. The van der Waals surface area contributed by atoms with Crippen LogP contribution >= 0.6 is 0 Å². The minimum Gasteiger partial charge on any atom is -0.425 e. The SMILES string of the molecule is CC(OC(=O)c1cn(-c2ccc(F)cc2)c(-c2ccc(N(C)C)cc2)cc1=O)OC(=O)C(C)(C)C. The summed E-state index contributed by atoms with van der Waals surface area (Å²) in [4.78, 5) is 39.8. The van der Waals surface area contributed by atoms with Crippen LogP contribution in [0.2, 0.25) is 0 Å². The minimum absolute atomic E-state index is 0.248. The smallest absolute Gasteiger partial charge is 0.346 e. The van der Waals surface area contributed by atoms with E-state index in [2.05, 4.69) is 0 Å². The first-order chi connectivity index (χ1) is 16.4. The fourth-order valence-corrected chi connectivity index (χ4v) is 3.22. The molecule has 0 N–H and O–H groups in total. The Bertz CT molecular complexity index is 1270. The fraction of sp³-hybridized carbons (Fsp3) is 0.296. The molecule has 1 atom stereocenters. The summed E-state index contributed by atoms with van der Waals surface area (Å²) in [5.74, 6) is -1.89. The summed E-state index contributed by atoms with van der Waals surface area (Å²) in [7, 11) is 3.84. The Hall–Kier alpha value is -3.94. The first kappa shape index (κ1) is 25.7. The molecule has 0 saturated heterocycles. The number of rotatable bonds is 6. The van der Waals surface area contributed by atoms with Crippen molar-refractivity contribution >= 4 is 17.6 Å². The zero-order valence-corrected chi connectivity index (χ0v) is 20.7. The average Bonchev–Trinajstić information content (AvgIpc) is 2.78. The molecule has 3 aromatic rings. The molecule has 0 amide bonds. The van der Waals surface area contributed by atoms with Crippen molar-refractivity contribution in [3.8, 4) is 16.9 Å². The molecule has 184 valence electrons. The van der Waals surface area contributed by atoms with E-state index < -0.39 is 34.9 Å². The molecular weight excluding hydrogens is 451 g/mol. The van der Waals surface area contributed by atoms with Crippen molar-refractivity contribution in [2.75, 3.05) is 19.0 Å². The van der Waals surface area contributed by atoms with E-state index in [9.17, 15) is 18.8 Å². The van der Waals surface area contributed by atoms with Crippen molar-refractivity contribution in [3.05, 3.63) is 82.4 Å². The van der Waals surface area contributed by atoms with Gasteiger partial charge in [-0.05, 0) is 62.7 Å². The van der Waals surface area contributed by atoms with Crippen LogP contribution in [-0.4, -0.2) is 36.9 Å². The van der Waals surface area contributed by atoms with E-state index in [1.54, 1.807) is 37.5 Å². The zero-order chi connectivity index (χ0) is 25.9. The Balaban J connectivity index is 2.02. The van der Waals surface area contributed by atoms with E-state index in [-0.39, 0.29) is 5.56 Å². The Kier molecular flexibility index (Phi) is 7.43. The monoisotopic (exact) mass is 480 g/mol. The normalized spacial score (nSPS) is 12.1. The maximum atomic E-state index is 13.6. The molecule has 7 nitrogen and oxygen atoms in total. The number of hydrogen-bond donors (Lipinski definition) is 0. The third kappa shape index (κ3) is 6.15. The molecule has 0 saturated carbocycles. The minimum atomic E-state index is -1.19. The van der Waals surface area contributed by atoms with Crippen LogP contribution < -0.4 is 10.3 Å². The highest BCUT2D eigenvalue weighted by molar-refractivity contribution is 5.90. The first-order valence-electron chi connectivity index (χ1n) is 11.1. The van der Waals surface area contributed by atoms with E-state index in [4.69, 9.17) is 9.47 Å². The summed E-state index contributed by atoms with van der Waals surface area (Å²) in [6.45, 7) is 6.43. The summed E-state index contributed by atoms with van der Waals surface area (Å²) in [6, 6.07) is 14.5. The van der Waals surface area contributed by atoms with Gasteiger partial charge in [0.15, 0.2) is 5.43 Å². The van der Waals surface area contributed by atoms with Crippen molar-refractivity contribution in [1.82, 2.24) is 4.57 Å². The molecule has 1 heterocycles. The molecule has 35 heavy (non-hydrogen) atoms. The van der Waals surface area contributed by atoms with Crippen LogP contribution in [0.1, 0.15) is 38.1 Å². The quantitative estimate of drug-likeness (QED) is 0.373. The van der Waals surface area contributed by atoms with Gasteiger partial charge in [-0.3, -0.25) is 9.59 Å². The predicted octanol–water partition coefficient (Wildman–Crippen LogP) is 4.80. The molecule has 0 aliphatic rings. The molecule has 1 aromatic heterocycles. The number of carbonyl (C=O) groups is 2. The van der Waals surface area contributed by atoms with Crippen LogP contribution in [-0.2, 0) is 14.3 Å². The second-order valence-electron chi connectivity index (χ2n) is 9.35. The van der Waals surface area contributed by atoms with Gasteiger partial charge in [0.1, 0.15) is 11.4 Å². The van der Waals surface area contributed by atoms with E-state index in [1.807, 2.05) is 43.3 Å². The Morgan fingerprint density at radius 1 is 0.971 bits per heavy atom. The lowest BCUT2D eigenvalue weighted by Gasteiger charge is -2.21. The number of nitrogens with zero attached hydrogens (tertiary/aromatic N) is 2. The van der Waals surface area contributed by atoms with Gasteiger partial charge in [-0.15, -0.1) is 0 Å². The van der Waals surface area contributed by atoms with Gasteiger partial charge in [0.2, 0.25) is 6.29 Å². The topological polar surface area (TPSA) is 77.8 Å². The van der Waals surface area contributed by atoms with Crippen LogP contribution in [0.15, 0.2) is 65.6 Å². The molecule has 8 heteroatoms. The van der Waals surface area contributed by atoms with E-state index >= 15 is 0 Å². The molecule has 0 aliphatic carbocycles. The number of halogens is 1. The molecule has 1 unspecified atom stereocenters. The molecule has 0 radical (unpaired) electrons. The molecule has 2 aromatic carbocycles. The summed E-state index contributed by atoms with van der Waals surface area (Å²) in [5, 5.41) is 0. The lowest BCUT2D eigenvalue weighted by Crippen LogP contribution is -2.30. The lowest BCUT2D eigenvalue weighted by atomic mass is 9.97. The van der Waals surface area contributed by atoms with Gasteiger partial charge in [0, 0.05) is 44.7 Å². The van der Waals surface area contributed by atoms with Crippen LogP contribution in [0.5, 0.6) is 0 Å². The number of esters is 2. The van der Waals surface area contributed by atoms with Crippen molar-refractivity contribution in [2.24, 2.45) is 5.41 Å². The van der Waals surface area contributed by atoms with Crippen molar-refractivity contribution in [3.63, 3.8) is 0 Å². The van der Waals surface area contributed by atoms with Crippen LogP contribution in [0.25, 0.3) is 16.9 Å². The van der Waals surface area contributed by atoms with Crippen LogP contribution in [0.4, 0.5) is 10.1 Å². The van der Waals surface area contributed by atoms with Gasteiger partial charge in [-0.2, -0.15) is 0 Å². The fourth-order valence-electron chi connectivity index (χ4n) is 3.22. The van der Waals surface area contributed by atoms with Gasteiger partial charge in [0.25, 0.3) is 0 Å². The largest absolute Gasteiger partial charge is 0.425 e. The standard InChI is InChI=1S/C27H29FN2O5/c1-17(35-26(33)27(2,3)4)34-25(32)22-16-30(21-13-9-19(28)10-14-21)23(15-24(22)31)18-7-11-20(12-8-18)29(5)6/h7-17H,1-6H3. The second-order valence-corrected chi connectivity index (χ2v) is 9.35. The number of carbonyl (C=O) groups excluding carboxylic acids is 2. The Labute approximate surface area is 203 Å². The summed E-state index contributed by atoms with van der Waals surface area (Å²) < 4.78 is 25.6. The van der Waals surface area contributed by atoms with Crippen LogP contribution in [0.3, 0.4) is 0 Å². The highest BCUT2D eigenvalue weighted by Crippen LogP contribution is 2.25. The molecular formula is C27H29FN2O5. The highest BCUT2D eigenvalue weighted by atomic mass is 19.1. The van der Waals surface area contributed by atoms with Crippen LogP contribution in [0, 0.1) is 11.2 Å². The first-order valence-corrected chi connectivity index (χ1v) is 11.1. The third-order valence-electron chi connectivity index (χ3n) is 5.21. The number of ether oxygens (including phenoxy) is 2. The lowest BCUT2D eigenvalue weighted by molar-refractivity contribution is -0.174. The molecule has 0 spiro atoms. The molecule has 0 aliphatic heterocycles. The Morgan fingerprint density at radius 2 is 1.57 bits per heavy atom. The number of benzene rings is 2. The summed E-state index contributed by atoms with van der Waals surface area (Å²) in [6.07, 6.45) is 0.164. The molecule has 0 fully saturated rings. The van der Waals surface area contributed by atoms with Gasteiger partial charge in [0.05, 0.1) is 11.1 Å². The van der Waals surface area contributed by atoms with Crippen molar-refractivity contribution in [1.29, 1.82) is 0 Å². The van der Waals surface area contributed by atoms with E-state index in [0.717, 1.165) is 11.3 Å². The van der Waals surface area contributed by atoms with Crippen molar-refractivity contribution in [2.45, 2.75) is 34.0 Å². The van der Waals surface area contributed by atoms with Gasteiger partial charge < -0.3 is 18.9 Å². The number of aromatic nitrogens is 1. The maximum Gasteiger partial charge on any atom is 0.346 e. The average molecular weight is 481 g/mol. The molecule has 0 bridgehead atoms. The zero-order valence-electron chi connectivity index (χ0n) is 20.7. The van der Waals surface area contributed by atoms with Crippen molar-refractivity contribution < 1.29 is 23.5 Å². The van der Waals surface area contributed by atoms with Gasteiger partial charge in [-0.1, -0.05) is 12.1 Å². The number of pyridine rings is 1. The van der Waals surface area contributed by atoms with E-state index in [0.29, 0.717) is 11.4 Å². The summed E-state index contributed by atoms with van der Waals surface area (Å²) >= 11 is 0. The third-order valence-corrected chi connectivity index (χ3v) is 5.21.